The Kier molecular flexibility index (Phi) is 10.5. The molecule has 0 radical (unpaired) electrons. The van der Waals surface area contributed by atoms with E-state index in [1.165, 1.54) is 29.0 Å². The number of carbonyl (C=O) groups is 4. The average molecular weight is 638 g/mol. The molecule has 0 bridgehead atoms. The minimum Gasteiger partial charge on any atom is -0.497 e. The fourth-order valence-corrected chi connectivity index (χ4v) is 6.13. The molecule has 0 saturated carbocycles. The second-order valence-corrected chi connectivity index (χ2v) is 10.9. The molecule has 2 atom stereocenters. The van der Waals surface area contributed by atoms with Crippen molar-refractivity contribution in [2.24, 2.45) is 5.16 Å². The van der Waals surface area contributed by atoms with Crippen LogP contribution in [0.4, 0.5) is 9.52 Å². The Labute approximate surface area is 252 Å². The van der Waals surface area contributed by atoms with E-state index >= 15 is 0 Å². The van der Waals surface area contributed by atoms with Gasteiger partial charge >= 0.3 is 5.97 Å². The van der Waals surface area contributed by atoms with Crippen molar-refractivity contribution in [2.45, 2.75) is 24.9 Å². The molecule has 42 heavy (non-hydrogen) atoms. The number of fused-ring (bicyclic) bond motifs is 1. The van der Waals surface area contributed by atoms with Gasteiger partial charge in [0.25, 0.3) is 18.7 Å². The molecule has 222 valence electrons. The van der Waals surface area contributed by atoms with Crippen LogP contribution < -0.4 is 15.4 Å². The van der Waals surface area contributed by atoms with Crippen molar-refractivity contribution >= 4 is 69.2 Å². The molecular weight excluding hydrogens is 613 g/mol. The van der Waals surface area contributed by atoms with E-state index < -0.39 is 41.8 Å². The number of thioether (sulfide) groups is 1. The van der Waals surface area contributed by atoms with Crippen molar-refractivity contribution in [1.82, 2.24) is 15.2 Å². The summed E-state index contributed by atoms with van der Waals surface area (Å²) in [6.45, 7) is -0.0555. The van der Waals surface area contributed by atoms with E-state index in [2.05, 4.69) is 25.6 Å². The first-order valence-corrected chi connectivity index (χ1v) is 14.7. The third kappa shape index (κ3) is 7.09. The van der Waals surface area contributed by atoms with E-state index in [0.717, 1.165) is 16.9 Å². The van der Waals surface area contributed by atoms with Crippen LogP contribution in [-0.2, 0) is 35.4 Å². The number of β-lactam (4-membered cyclic amide) rings is 1. The maximum atomic E-state index is 13.3. The summed E-state index contributed by atoms with van der Waals surface area (Å²) in [5.41, 5.74) is 0.925. The van der Waals surface area contributed by atoms with Gasteiger partial charge in [0.05, 0.1) is 7.11 Å². The molecule has 2 aliphatic heterocycles. The number of thiazole rings is 1. The highest BCUT2D eigenvalue weighted by atomic mass is 35.5. The number of halogens is 2. The number of oxime groups is 1. The van der Waals surface area contributed by atoms with E-state index in [1.807, 2.05) is 0 Å². The number of methoxy groups -OCH3 is 1. The maximum Gasteiger partial charge on any atom is 0.355 e. The number of carbonyl (C=O) groups excluding carboxylic acids is 4. The number of alkyl halides is 2. The summed E-state index contributed by atoms with van der Waals surface area (Å²) in [5.74, 6) is -1.32. The summed E-state index contributed by atoms with van der Waals surface area (Å²) in [6.07, 6.45) is 3.31. The number of esters is 1. The molecule has 12 nitrogen and oxygen atoms in total. The van der Waals surface area contributed by atoms with Gasteiger partial charge in [0.2, 0.25) is 5.91 Å². The molecule has 2 aromatic rings. The molecule has 1 aromatic carbocycles. The number of hydrogen-bond acceptors (Lipinski definition) is 11. The highest BCUT2D eigenvalue weighted by Crippen LogP contribution is 2.41. The molecule has 0 spiro atoms. The minimum atomic E-state index is -1.31. The number of allylic oxidation sites excluding steroid dienone is 2. The van der Waals surface area contributed by atoms with E-state index in [4.69, 9.17) is 21.1 Å². The summed E-state index contributed by atoms with van der Waals surface area (Å²) in [6, 6.07) is 5.94. The fourth-order valence-electron chi connectivity index (χ4n) is 3.98. The number of benzene rings is 1. The monoisotopic (exact) mass is 637 g/mol. The van der Waals surface area contributed by atoms with Crippen molar-refractivity contribution in [2.75, 3.05) is 30.9 Å². The van der Waals surface area contributed by atoms with Crippen LogP contribution in [0.2, 0.25) is 0 Å². The zero-order valence-corrected chi connectivity index (χ0v) is 24.7. The van der Waals surface area contributed by atoms with Crippen LogP contribution in [0.25, 0.3) is 0 Å². The van der Waals surface area contributed by atoms with Gasteiger partial charge in [-0.05, 0) is 23.3 Å². The third-order valence-electron chi connectivity index (χ3n) is 5.86. The molecule has 1 saturated heterocycles. The van der Waals surface area contributed by atoms with Gasteiger partial charge in [-0.1, -0.05) is 29.4 Å². The smallest absolute Gasteiger partial charge is 0.355 e. The average Bonchev–Trinajstić information content (AvgIpc) is 3.44. The fraction of sp³-hybridized carbons (Fsp3) is 0.308. The van der Waals surface area contributed by atoms with Crippen LogP contribution in [0.1, 0.15) is 18.2 Å². The Morgan fingerprint density at radius 1 is 1.29 bits per heavy atom. The van der Waals surface area contributed by atoms with Gasteiger partial charge < -0.3 is 24.9 Å². The van der Waals surface area contributed by atoms with Gasteiger partial charge in [0.1, 0.15) is 35.2 Å². The lowest BCUT2D eigenvalue weighted by Gasteiger charge is -2.49. The number of nitrogens with one attached hydrogen (secondary N) is 2. The molecule has 3 heterocycles. The molecule has 1 aromatic heterocycles. The first-order valence-electron chi connectivity index (χ1n) is 12.3. The Balaban J connectivity index is 1.50. The van der Waals surface area contributed by atoms with E-state index in [-0.39, 0.29) is 34.9 Å². The lowest BCUT2D eigenvalue weighted by Crippen LogP contribution is -2.71. The number of rotatable bonds is 12. The number of hydrogen-bond donors (Lipinski definition) is 2. The van der Waals surface area contributed by atoms with Crippen molar-refractivity contribution in [3.8, 4) is 5.75 Å². The molecular formula is C26H25ClFN5O7S2. The number of nitrogens with zero attached hydrogens (tertiary/aromatic N) is 3. The third-order valence-corrected chi connectivity index (χ3v) is 8.10. The predicted molar refractivity (Wildman–Crippen MR) is 155 cm³/mol. The van der Waals surface area contributed by atoms with Crippen molar-refractivity contribution < 1.29 is 37.9 Å². The molecule has 1 fully saturated rings. The molecule has 0 unspecified atom stereocenters. The molecule has 4 rings (SSSR count). The zero-order chi connectivity index (χ0) is 30.2. The van der Waals surface area contributed by atoms with Crippen LogP contribution in [0, 0.1) is 0 Å². The SMILES string of the molecule is COc1ccc(COC(=O)C2=C(/C=C/CCl)CS[C@H]3[C@H](NC(=O)/C(=N\OCF)c4csc(NC(C)=O)n4)C(=O)N23)cc1. The van der Waals surface area contributed by atoms with Gasteiger partial charge in [-0.2, -0.15) is 0 Å². The van der Waals surface area contributed by atoms with E-state index in [1.54, 1.807) is 43.5 Å². The van der Waals surface area contributed by atoms with Gasteiger partial charge in [-0.25, -0.2) is 14.2 Å². The van der Waals surface area contributed by atoms with Crippen LogP contribution in [0.5, 0.6) is 5.75 Å². The number of aromatic nitrogens is 1. The summed E-state index contributed by atoms with van der Waals surface area (Å²) in [4.78, 5) is 60.9. The Morgan fingerprint density at radius 3 is 2.71 bits per heavy atom. The van der Waals surface area contributed by atoms with Gasteiger partial charge in [0, 0.05) is 23.9 Å². The Bertz CT molecular complexity index is 1450. The second kappa shape index (κ2) is 14.3. The first kappa shape index (κ1) is 31.0. The van der Waals surface area contributed by atoms with E-state index in [9.17, 15) is 23.6 Å². The minimum absolute atomic E-state index is 0.00539. The molecule has 3 amide bonds. The standard InChI is InChI=1S/C26H25ClFN5O7S2/c1-14(34)29-26-30-18(12-42-26)19(32-40-13-28)22(35)31-20-23(36)33-21(16(4-3-9-27)11-41-24(20)33)25(37)39-10-15-5-7-17(38-2)8-6-15/h3-8,12,20,24H,9-11,13H2,1-2H3,(H,31,35)(H,29,30,34)/b4-3+,32-19-/t20-,24+/m1/s1. The zero-order valence-electron chi connectivity index (χ0n) is 22.3. The predicted octanol–water partition coefficient (Wildman–Crippen LogP) is 2.95. The lowest BCUT2D eigenvalue weighted by molar-refractivity contribution is -0.153. The lowest BCUT2D eigenvalue weighted by atomic mass is 10.0. The number of anilines is 1. The molecule has 2 N–H and O–H groups in total. The largest absolute Gasteiger partial charge is 0.497 e. The Morgan fingerprint density at radius 2 is 2.05 bits per heavy atom. The highest BCUT2D eigenvalue weighted by molar-refractivity contribution is 8.00. The summed E-state index contributed by atoms with van der Waals surface area (Å²) in [5, 5.41) is 9.54. The molecule has 2 aliphatic rings. The maximum absolute atomic E-state index is 13.3. The van der Waals surface area contributed by atoms with Crippen LogP contribution in [0.3, 0.4) is 0 Å². The summed E-state index contributed by atoms with van der Waals surface area (Å²) >= 11 is 8.15. The quantitative estimate of drug-likeness (QED) is 0.118. The van der Waals surface area contributed by atoms with Gasteiger partial charge in [-0.15, -0.1) is 34.7 Å². The topological polar surface area (TPSA) is 149 Å². The highest BCUT2D eigenvalue weighted by Gasteiger charge is 2.54. The number of amides is 3. The molecule has 16 heteroatoms. The van der Waals surface area contributed by atoms with E-state index in [0.29, 0.717) is 17.1 Å². The molecule has 0 aliphatic carbocycles. The first-order chi connectivity index (χ1) is 20.3. The summed E-state index contributed by atoms with van der Waals surface area (Å²) < 4.78 is 23.4. The van der Waals surface area contributed by atoms with Crippen LogP contribution in [0.15, 0.2) is 58.2 Å². The Hall–Kier alpha value is -3.95. The van der Waals surface area contributed by atoms with Crippen molar-refractivity contribution in [1.29, 1.82) is 0 Å². The van der Waals surface area contributed by atoms with Crippen LogP contribution in [-0.4, -0.2) is 76.3 Å². The van der Waals surface area contributed by atoms with Crippen LogP contribution >= 0.6 is 34.7 Å². The summed E-state index contributed by atoms with van der Waals surface area (Å²) in [7, 11) is 1.54. The van der Waals surface area contributed by atoms with Crippen molar-refractivity contribution in [3.63, 3.8) is 0 Å². The second-order valence-electron chi connectivity index (χ2n) is 8.61. The van der Waals surface area contributed by atoms with Crippen molar-refractivity contribution in [3.05, 3.63) is 64.3 Å². The number of ether oxygens (including phenoxy) is 2. The van der Waals surface area contributed by atoms with Gasteiger partial charge in [-0.3, -0.25) is 19.3 Å². The van der Waals surface area contributed by atoms with Gasteiger partial charge in [0.15, 0.2) is 10.8 Å². The normalized spacial score (nSPS) is 18.3.